The van der Waals surface area contributed by atoms with Crippen LogP contribution in [0.5, 0.6) is 0 Å². The first-order valence-electron chi connectivity index (χ1n) is 8.54. The number of carbonyl (C=O) groups is 2. The van der Waals surface area contributed by atoms with Gasteiger partial charge in [0.2, 0.25) is 0 Å². The van der Waals surface area contributed by atoms with Gasteiger partial charge in [-0.05, 0) is 36.4 Å². The predicted molar refractivity (Wildman–Crippen MR) is 104 cm³/mol. The van der Waals surface area contributed by atoms with Crippen molar-refractivity contribution in [3.8, 4) is 0 Å². The minimum atomic E-state index is -0.0240. The number of carbonyl (C=O) groups excluding carboxylic acids is 2. The molecule has 1 aliphatic heterocycles. The molecule has 0 spiro atoms. The number of hydrogen-bond donors (Lipinski definition) is 1. The molecule has 3 aromatic rings. The number of rotatable bonds is 2. The Morgan fingerprint density at radius 2 is 1.50 bits per heavy atom. The van der Waals surface area contributed by atoms with Crippen LogP contribution in [0.4, 0.5) is 0 Å². The van der Waals surface area contributed by atoms with E-state index in [2.05, 4.69) is 20.9 Å². The topological polar surface area (TPSA) is 56.4 Å². The monoisotopic (exact) mass is 411 g/mol. The number of piperazine rings is 1. The van der Waals surface area contributed by atoms with Crippen molar-refractivity contribution >= 4 is 38.6 Å². The molecule has 0 bridgehead atoms. The smallest absolute Gasteiger partial charge is 0.270 e. The lowest BCUT2D eigenvalue weighted by Gasteiger charge is -2.34. The molecule has 1 aliphatic rings. The van der Waals surface area contributed by atoms with Crippen LogP contribution in [-0.4, -0.2) is 52.8 Å². The third kappa shape index (κ3) is 3.24. The maximum Gasteiger partial charge on any atom is 0.270 e. The number of hydrogen-bond acceptors (Lipinski definition) is 2. The fourth-order valence-electron chi connectivity index (χ4n) is 3.26. The number of nitrogens with zero attached hydrogens (tertiary/aromatic N) is 2. The standard InChI is InChI=1S/C20H18BrN3O2/c21-16-6-7-17-15(12-16)13-18(22-17)20(26)24-10-8-23(9-11-24)19(25)14-4-2-1-3-5-14/h1-7,12-13,22H,8-11H2. The molecule has 1 fully saturated rings. The Morgan fingerprint density at radius 3 is 2.19 bits per heavy atom. The molecule has 0 atom stereocenters. The zero-order valence-electron chi connectivity index (χ0n) is 14.1. The van der Waals surface area contributed by atoms with Crippen LogP contribution >= 0.6 is 15.9 Å². The van der Waals surface area contributed by atoms with E-state index in [9.17, 15) is 9.59 Å². The van der Waals surface area contributed by atoms with Crippen molar-refractivity contribution in [2.45, 2.75) is 0 Å². The third-order valence-corrected chi connectivity index (χ3v) is 5.18. The first-order valence-corrected chi connectivity index (χ1v) is 9.33. The summed E-state index contributed by atoms with van der Waals surface area (Å²) in [6.07, 6.45) is 0. The Morgan fingerprint density at radius 1 is 0.846 bits per heavy atom. The predicted octanol–water partition coefficient (Wildman–Crippen LogP) is 3.53. The van der Waals surface area contributed by atoms with Crippen molar-refractivity contribution in [2.75, 3.05) is 26.2 Å². The molecule has 26 heavy (non-hydrogen) atoms. The van der Waals surface area contributed by atoms with Crippen molar-refractivity contribution in [2.24, 2.45) is 0 Å². The lowest BCUT2D eigenvalue weighted by atomic mass is 10.2. The number of H-pyrrole nitrogens is 1. The molecule has 2 heterocycles. The quantitative estimate of drug-likeness (QED) is 0.700. The van der Waals surface area contributed by atoms with Crippen LogP contribution in [-0.2, 0) is 0 Å². The van der Waals surface area contributed by atoms with Gasteiger partial charge in [-0.25, -0.2) is 0 Å². The van der Waals surface area contributed by atoms with Crippen LogP contribution in [0.1, 0.15) is 20.8 Å². The van der Waals surface area contributed by atoms with E-state index in [1.165, 1.54) is 0 Å². The van der Waals surface area contributed by atoms with Gasteiger partial charge < -0.3 is 14.8 Å². The Balaban J connectivity index is 1.43. The number of aromatic amines is 1. The minimum absolute atomic E-state index is 0.0214. The van der Waals surface area contributed by atoms with E-state index in [1.54, 1.807) is 9.80 Å². The van der Waals surface area contributed by atoms with Crippen molar-refractivity contribution in [3.05, 3.63) is 70.3 Å². The van der Waals surface area contributed by atoms with E-state index in [-0.39, 0.29) is 11.8 Å². The minimum Gasteiger partial charge on any atom is -0.351 e. The highest BCUT2D eigenvalue weighted by Gasteiger charge is 2.26. The molecular weight excluding hydrogens is 394 g/mol. The summed E-state index contributed by atoms with van der Waals surface area (Å²) in [5.74, 6) is -0.00251. The molecular formula is C20H18BrN3O2. The van der Waals surface area contributed by atoms with Gasteiger partial charge in [-0.1, -0.05) is 34.1 Å². The summed E-state index contributed by atoms with van der Waals surface area (Å²) in [5, 5.41) is 1.00. The van der Waals surface area contributed by atoms with Crippen molar-refractivity contribution in [1.82, 2.24) is 14.8 Å². The first-order chi connectivity index (χ1) is 12.6. The third-order valence-electron chi connectivity index (χ3n) is 4.69. The van der Waals surface area contributed by atoms with Gasteiger partial charge in [-0.2, -0.15) is 0 Å². The average Bonchev–Trinajstić information content (AvgIpc) is 3.11. The van der Waals surface area contributed by atoms with Gasteiger partial charge in [0.05, 0.1) is 0 Å². The molecule has 1 aromatic heterocycles. The Hall–Kier alpha value is -2.60. The first kappa shape index (κ1) is 16.8. The second-order valence-corrected chi connectivity index (χ2v) is 7.28. The van der Waals surface area contributed by atoms with E-state index < -0.39 is 0 Å². The van der Waals surface area contributed by atoms with E-state index in [0.29, 0.717) is 37.4 Å². The highest BCUT2D eigenvalue weighted by atomic mass is 79.9. The van der Waals surface area contributed by atoms with Crippen molar-refractivity contribution in [3.63, 3.8) is 0 Å². The Bertz CT molecular complexity index is 960. The van der Waals surface area contributed by atoms with Gasteiger partial charge in [-0.15, -0.1) is 0 Å². The number of aromatic nitrogens is 1. The summed E-state index contributed by atoms with van der Waals surface area (Å²) in [6, 6.07) is 17.0. The normalized spacial score (nSPS) is 14.7. The summed E-state index contributed by atoms with van der Waals surface area (Å²) < 4.78 is 0.982. The second-order valence-electron chi connectivity index (χ2n) is 6.37. The van der Waals surface area contributed by atoms with Crippen molar-refractivity contribution < 1.29 is 9.59 Å². The van der Waals surface area contributed by atoms with Gasteiger partial charge >= 0.3 is 0 Å². The molecule has 132 valence electrons. The van der Waals surface area contributed by atoms with E-state index >= 15 is 0 Å². The second kappa shape index (κ2) is 6.96. The highest BCUT2D eigenvalue weighted by Crippen LogP contribution is 2.21. The maximum atomic E-state index is 12.8. The Kier molecular flexibility index (Phi) is 4.51. The van der Waals surface area contributed by atoms with Gasteiger partial charge in [-0.3, -0.25) is 9.59 Å². The van der Waals surface area contributed by atoms with E-state index in [1.807, 2.05) is 54.6 Å². The molecule has 6 heteroatoms. The van der Waals surface area contributed by atoms with Gasteiger partial charge in [0, 0.05) is 47.1 Å². The summed E-state index contributed by atoms with van der Waals surface area (Å²) in [7, 11) is 0. The van der Waals surface area contributed by atoms with Crippen LogP contribution in [0.25, 0.3) is 10.9 Å². The SMILES string of the molecule is O=C(c1ccccc1)N1CCN(C(=O)c2cc3cc(Br)ccc3[nH]2)CC1. The summed E-state index contributed by atoms with van der Waals surface area (Å²) >= 11 is 3.45. The van der Waals surface area contributed by atoms with E-state index in [4.69, 9.17) is 0 Å². The largest absolute Gasteiger partial charge is 0.351 e. The molecule has 2 amide bonds. The van der Waals surface area contributed by atoms with Gasteiger partial charge in [0.1, 0.15) is 5.69 Å². The van der Waals surface area contributed by atoms with Gasteiger partial charge in [0.15, 0.2) is 0 Å². The van der Waals surface area contributed by atoms with Crippen LogP contribution in [0.3, 0.4) is 0 Å². The molecule has 2 aromatic carbocycles. The molecule has 1 saturated heterocycles. The molecule has 0 radical (unpaired) electrons. The van der Waals surface area contributed by atoms with Crippen LogP contribution < -0.4 is 0 Å². The van der Waals surface area contributed by atoms with Crippen LogP contribution in [0.15, 0.2) is 59.1 Å². The molecule has 0 saturated carbocycles. The zero-order valence-corrected chi connectivity index (χ0v) is 15.7. The van der Waals surface area contributed by atoms with Crippen LogP contribution in [0.2, 0.25) is 0 Å². The van der Waals surface area contributed by atoms with E-state index in [0.717, 1.165) is 15.4 Å². The molecule has 4 rings (SSSR count). The summed E-state index contributed by atoms with van der Waals surface area (Å²) in [6.45, 7) is 2.17. The summed E-state index contributed by atoms with van der Waals surface area (Å²) in [4.78, 5) is 32.1. The lowest BCUT2D eigenvalue weighted by Crippen LogP contribution is -2.50. The number of fused-ring (bicyclic) bond motifs is 1. The Labute approximate surface area is 159 Å². The molecule has 5 nitrogen and oxygen atoms in total. The number of nitrogens with one attached hydrogen (secondary N) is 1. The average molecular weight is 412 g/mol. The number of benzene rings is 2. The number of amides is 2. The molecule has 1 N–H and O–H groups in total. The fourth-order valence-corrected chi connectivity index (χ4v) is 3.64. The molecule has 0 aliphatic carbocycles. The number of halogens is 1. The van der Waals surface area contributed by atoms with Gasteiger partial charge in [0.25, 0.3) is 11.8 Å². The van der Waals surface area contributed by atoms with Crippen LogP contribution in [0, 0.1) is 0 Å². The zero-order chi connectivity index (χ0) is 18.1. The maximum absolute atomic E-state index is 12.8. The summed E-state index contributed by atoms with van der Waals surface area (Å²) in [5.41, 5.74) is 2.21. The highest BCUT2D eigenvalue weighted by molar-refractivity contribution is 9.10. The fraction of sp³-hybridized carbons (Fsp3) is 0.200. The lowest BCUT2D eigenvalue weighted by molar-refractivity contribution is 0.0533. The van der Waals surface area contributed by atoms with Crippen molar-refractivity contribution in [1.29, 1.82) is 0 Å². The molecule has 0 unspecified atom stereocenters.